The summed E-state index contributed by atoms with van der Waals surface area (Å²) in [7, 11) is 1.40. The number of benzene rings is 1. The lowest BCUT2D eigenvalue weighted by molar-refractivity contribution is -0.119. The summed E-state index contributed by atoms with van der Waals surface area (Å²) in [6, 6.07) is 3.64. The van der Waals surface area contributed by atoms with Crippen LogP contribution in [0.5, 0.6) is 0 Å². The van der Waals surface area contributed by atoms with Crippen molar-refractivity contribution in [2.45, 2.75) is 25.7 Å². The van der Waals surface area contributed by atoms with Crippen LogP contribution >= 0.6 is 15.9 Å². The van der Waals surface area contributed by atoms with Crippen molar-refractivity contribution in [3.05, 3.63) is 22.2 Å². The molecule has 1 aromatic carbocycles. The van der Waals surface area contributed by atoms with Gasteiger partial charge < -0.3 is 20.5 Å². The number of carbonyl (C=O) groups is 1. The maximum atomic E-state index is 11.9. The standard InChI is InChI=1S/C12H15BrN2O3/c1-12(2)11(17)14-9-7(15-12)5-4-6(13)8(9)10(16)18-3/h4-5,10,15-16H,1-3H3,(H,14,17). The number of carbonyl (C=O) groups excluding carboxylic acids is 1. The molecule has 0 fully saturated rings. The number of aliphatic hydroxyl groups is 1. The number of nitrogens with one attached hydrogen (secondary N) is 2. The summed E-state index contributed by atoms with van der Waals surface area (Å²) in [5.41, 5.74) is 1.12. The molecule has 1 amide bonds. The van der Waals surface area contributed by atoms with E-state index >= 15 is 0 Å². The van der Waals surface area contributed by atoms with Crippen LogP contribution in [0.15, 0.2) is 16.6 Å². The van der Waals surface area contributed by atoms with Gasteiger partial charge in [0.05, 0.1) is 11.4 Å². The van der Waals surface area contributed by atoms with Gasteiger partial charge in [0, 0.05) is 17.1 Å². The largest absolute Gasteiger partial charge is 0.370 e. The minimum Gasteiger partial charge on any atom is -0.370 e. The van der Waals surface area contributed by atoms with Gasteiger partial charge in [0.1, 0.15) is 5.54 Å². The van der Waals surface area contributed by atoms with Crippen LogP contribution in [0.1, 0.15) is 25.7 Å². The van der Waals surface area contributed by atoms with Gasteiger partial charge in [-0.2, -0.15) is 0 Å². The number of hydrogen-bond donors (Lipinski definition) is 3. The molecule has 0 saturated carbocycles. The average molecular weight is 315 g/mol. The molecule has 6 heteroatoms. The number of fused-ring (bicyclic) bond motifs is 1. The van der Waals surface area contributed by atoms with E-state index in [2.05, 4.69) is 26.6 Å². The van der Waals surface area contributed by atoms with Gasteiger partial charge in [-0.15, -0.1) is 0 Å². The molecule has 1 atom stereocenters. The molecule has 1 unspecified atom stereocenters. The molecule has 0 saturated heterocycles. The zero-order valence-electron chi connectivity index (χ0n) is 10.4. The third kappa shape index (κ3) is 2.11. The number of ether oxygens (including phenoxy) is 1. The fourth-order valence-corrected chi connectivity index (χ4v) is 2.38. The highest BCUT2D eigenvalue weighted by molar-refractivity contribution is 9.10. The fraction of sp³-hybridized carbons (Fsp3) is 0.417. The Bertz CT molecular complexity index is 502. The summed E-state index contributed by atoms with van der Waals surface area (Å²) < 4.78 is 5.59. The van der Waals surface area contributed by atoms with Crippen molar-refractivity contribution in [3.63, 3.8) is 0 Å². The van der Waals surface area contributed by atoms with E-state index < -0.39 is 11.8 Å². The lowest BCUT2D eigenvalue weighted by atomic mass is 9.98. The Morgan fingerprint density at radius 1 is 1.44 bits per heavy atom. The molecule has 5 nitrogen and oxygen atoms in total. The van der Waals surface area contributed by atoms with E-state index in [0.717, 1.165) is 5.69 Å². The Kier molecular flexibility index (Phi) is 3.35. The maximum Gasteiger partial charge on any atom is 0.249 e. The Hall–Kier alpha value is -1.11. The van der Waals surface area contributed by atoms with E-state index in [1.165, 1.54) is 7.11 Å². The molecule has 1 aromatic rings. The predicted molar refractivity (Wildman–Crippen MR) is 72.4 cm³/mol. The number of amides is 1. The second kappa shape index (κ2) is 4.53. The number of hydrogen-bond acceptors (Lipinski definition) is 4. The Balaban J connectivity index is 2.56. The summed E-state index contributed by atoms with van der Waals surface area (Å²) in [6.45, 7) is 3.58. The van der Waals surface area contributed by atoms with Crippen molar-refractivity contribution in [1.29, 1.82) is 0 Å². The van der Waals surface area contributed by atoms with Gasteiger partial charge >= 0.3 is 0 Å². The Labute approximate surface area is 114 Å². The van der Waals surface area contributed by atoms with Crippen LogP contribution in [0.4, 0.5) is 11.4 Å². The summed E-state index contributed by atoms with van der Waals surface area (Å²) in [5.74, 6) is -0.155. The van der Waals surface area contributed by atoms with Crippen LogP contribution in [0, 0.1) is 0 Å². The Morgan fingerprint density at radius 3 is 2.72 bits per heavy atom. The highest BCUT2D eigenvalue weighted by atomic mass is 79.9. The van der Waals surface area contributed by atoms with Gasteiger partial charge in [0.25, 0.3) is 0 Å². The van der Waals surface area contributed by atoms with Crippen molar-refractivity contribution in [1.82, 2.24) is 0 Å². The molecular formula is C12H15BrN2O3. The highest BCUT2D eigenvalue weighted by Crippen LogP contribution is 2.40. The van der Waals surface area contributed by atoms with Gasteiger partial charge in [-0.05, 0) is 26.0 Å². The number of aliphatic hydroxyl groups excluding tert-OH is 1. The number of methoxy groups -OCH3 is 1. The third-order valence-electron chi connectivity index (χ3n) is 2.92. The minimum atomic E-state index is -1.10. The first-order valence-corrected chi connectivity index (χ1v) is 6.29. The monoisotopic (exact) mass is 314 g/mol. The van der Waals surface area contributed by atoms with Crippen LogP contribution in [0.3, 0.4) is 0 Å². The van der Waals surface area contributed by atoms with Crippen molar-refractivity contribution < 1.29 is 14.6 Å². The molecule has 1 aliphatic rings. The second-order valence-electron chi connectivity index (χ2n) is 4.68. The molecule has 1 aliphatic heterocycles. The van der Waals surface area contributed by atoms with Crippen LogP contribution in [0.25, 0.3) is 0 Å². The van der Waals surface area contributed by atoms with Crippen molar-refractivity contribution in [3.8, 4) is 0 Å². The van der Waals surface area contributed by atoms with Crippen LogP contribution in [0.2, 0.25) is 0 Å². The fourth-order valence-electron chi connectivity index (χ4n) is 1.86. The molecule has 2 rings (SSSR count). The van der Waals surface area contributed by atoms with E-state index in [1.807, 2.05) is 6.07 Å². The summed E-state index contributed by atoms with van der Waals surface area (Å²) in [4.78, 5) is 11.9. The molecule has 1 heterocycles. The normalized spacial score (nSPS) is 18.6. The number of halogens is 1. The molecule has 0 aliphatic carbocycles. The molecule has 3 N–H and O–H groups in total. The second-order valence-corrected chi connectivity index (χ2v) is 5.53. The van der Waals surface area contributed by atoms with E-state index in [9.17, 15) is 9.90 Å². The summed E-state index contributed by atoms with van der Waals surface area (Å²) in [5, 5.41) is 15.8. The molecule has 18 heavy (non-hydrogen) atoms. The lowest BCUT2D eigenvalue weighted by Crippen LogP contribution is -2.47. The van der Waals surface area contributed by atoms with Gasteiger partial charge in [0.2, 0.25) is 5.91 Å². The smallest absolute Gasteiger partial charge is 0.249 e. The quantitative estimate of drug-likeness (QED) is 0.732. The van der Waals surface area contributed by atoms with Gasteiger partial charge in [0.15, 0.2) is 6.29 Å². The highest BCUT2D eigenvalue weighted by Gasteiger charge is 2.35. The summed E-state index contributed by atoms with van der Waals surface area (Å²) in [6.07, 6.45) is -1.10. The molecule has 0 aromatic heterocycles. The first-order valence-electron chi connectivity index (χ1n) is 5.49. The number of anilines is 2. The maximum absolute atomic E-state index is 11.9. The molecule has 0 radical (unpaired) electrons. The van der Waals surface area contributed by atoms with Crippen molar-refractivity contribution in [2.75, 3.05) is 17.7 Å². The van der Waals surface area contributed by atoms with Gasteiger partial charge in [-0.25, -0.2) is 0 Å². The zero-order valence-corrected chi connectivity index (χ0v) is 12.0. The first kappa shape index (κ1) is 13.3. The van der Waals surface area contributed by atoms with Crippen molar-refractivity contribution in [2.24, 2.45) is 0 Å². The average Bonchev–Trinajstić information content (AvgIpc) is 2.30. The molecule has 0 spiro atoms. The number of rotatable bonds is 2. The van der Waals surface area contributed by atoms with E-state index in [0.29, 0.717) is 15.7 Å². The first-order chi connectivity index (χ1) is 8.36. The van der Waals surface area contributed by atoms with E-state index in [1.54, 1.807) is 19.9 Å². The molecule has 0 bridgehead atoms. The van der Waals surface area contributed by atoms with Crippen molar-refractivity contribution >= 4 is 33.2 Å². The van der Waals surface area contributed by atoms with E-state index in [-0.39, 0.29) is 5.91 Å². The lowest BCUT2D eigenvalue weighted by Gasteiger charge is -2.34. The van der Waals surface area contributed by atoms with Crippen LogP contribution in [-0.4, -0.2) is 23.7 Å². The van der Waals surface area contributed by atoms with E-state index in [4.69, 9.17) is 4.74 Å². The zero-order chi connectivity index (χ0) is 13.5. The molecule has 98 valence electrons. The minimum absolute atomic E-state index is 0.155. The Morgan fingerprint density at radius 2 is 2.11 bits per heavy atom. The summed E-state index contributed by atoms with van der Waals surface area (Å²) >= 11 is 3.35. The molecular weight excluding hydrogens is 300 g/mol. The SMILES string of the molecule is COC(O)c1c(Br)ccc2c1NC(=O)C(C)(C)N2. The van der Waals surface area contributed by atoms with Crippen LogP contribution in [-0.2, 0) is 9.53 Å². The van der Waals surface area contributed by atoms with Gasteiger partial charge in [-0.3, -0.25) is 4.79 Å². The van der Waals surface area contributed by atoms with Gasteiger partial charge in [-0.1, -0.05) is 15.9 Å². The predicted octanol–water partition coefficient (Wildman–Crippen LogP) is 2.23. The topological polar surface area (TPSA) is 70.6 Å². The third-order valence-corrected chi connectivity index (χ3v) is 3.61. The van der Waals surface area contributed by atoms with Crippen LogP contribution < -0.4 is 10.6 Å².